The van der Waals surface area contributed by atoms with Gasteiger partial charge in [0, 0.05) is 17.1 Å². The van der Waals surface area contributed by atoms with Gasteiger partial charge in [-0.2, -0.15) is 8.42 Å². The molecule has 1 atom stereocenters. The van der Waals surface area contributed by atoms with Crippen LogP contribution in [0.15, 0.2) is 30.5 Å². The van der Waals surface area contributed by atoms with Crippen LogP contribution in [-0.2, 0) is 20.8 Å². The van der Waals surface area contributed by atoms with Crippen LogP contribution in [-0.4, -0.2) is 25.3 Å². The Balaban J connectivity index is 2.25. The summed E-state index contributed by atoms with van der Waals surface area (Å²) in [4.78, 5) is 0. The largest absolute Gasteiger partial charge is 0.345 e. The molecule has 4 nitrogen and oxygen atoms in total. The summed E-state index contributed by atoms with van der Waals surface area (Å²) in [6.45, 7) is 4.33. The van der Waals surface area contributed by atoms with E-state index in [0.717, 1.165) is 11.8 Å². The number of aryl methyl sites for hydroxylation is 1. The van der Waals surface area contributed by atoms with Crippen LogP contribution >= 0.6 is 0 Å². The van der Waals surface area contributed by atoms with Crippen LogP contribution < -0.4 is 0 Å². The van der Waals surface area contributed by atoms with Gasteiger partial charge < -0.3 is 4.57 Å². The molecule has 0 fully saturated rings. The molecule has 1 unspecified atom stereocenters. The molecule has 5 heteroatoms. The highest BCUT2D eigenvalue weighted by molar-refractivity contribution is 7.86. The highest BCUT2D eigenvalue weighted by Crippen LogP contribution is 2.20. The lowest BCUT2D eigenvalue weighted by molar-refractivity contribution is 0.211. The molecule has 0 saturated carbocycles. The minimum absolute atomic E-state index is 0.379. The minimum Gasteiger partial charge on any atom is -0.345 e. The fraction of sp³-hybridized carbons (Fsp3) is 0.385. The summed E-state index contributed by atoms with van der Waals surface area (Å²) in [6.07, 6.45) is 2.65. The van der Waals surface area contributed by atoms with E-state index in [1.807, 2.05) is 29.0 Å². The van der Waals surface area contributed by atoms with Crippen molar-refractivity contribution in [2.24, 2.45) is 0 Å². The van der Waals surface area contributed by atoms with Gasteiger partial charge in [0.25, 0.3) is 10.1 Å². The van der Waals surface area contributed by atoms with Crippen molar-refractivity contribution in [2.75, 3.05) is 6.26 Å². The summed E-state index contributed by atoms with van der Waals surface area (Å²) < 4.78 is 29.1. The maximum atomic E-state index is 11.1. The number of aromatic nitrogens is 1. The number of rotatable bonds is 4. The Morgan fingerprint density at radius 2 is 2.06 bits per heavy atom. The molecule has 0 radical (unpaired) electrons. The van der Waals surface area contributed by atoms with E-state index < -0.39 is 10.1 Å². The lowest BCUT2D eigenvalue weighted by Crippen LogP contribution is -2.19. The predicted molar refractivity (Wildman–Crippen MR) is 72.1 cm³/mol. The molecule has 1 heterocycles. The SMILES string of the molecule is Cc1cccc2c1ccn2CC(C)OS(C)(=O)=O. The van der Waals surface area contributed by atoms with Crippen LogP contribution in [0.3, 0.4) is 0 Å². The van der Waals surface area contributed by atoms with Crippen molar-refractivity contribution in [3.05, 3.63) is 36.0 Å². The molecule has 0 N–H and O–H groups in total. The van der Waals surface area contributed by atoms with Crippen LogP contribution in [0.5, 0.6) is 0 Å². The molecule has 2 rings (SSSR count). The molecule has 0 spiro atoms. The van der Waals surface area contributed by atoms with E-state index in [-0.39, 0.29) is 6.10 Å². The fourth-order valence-electron chi connectivity index (χ4n) is 2.14. The van der Waals surface area contributed by atoms with E-state index in [0.29, 0.717) is 6.54 Å². The highest BCUT2D eigenvalue weighted by atomic mass is 32.2. The highest BCUT2D eigenvalue weighted by Gasteiger charge is 2.12. The Morgan fingerprint density at radius 3 is 2.72 bits per heavy atom. The second-order valence-electron chi connectivity index (χ2n) is 4.59. The molecular formula is C13H17NO3S. The van der Waals surface area contributed by atoms with Crippen molar-refractivity contribution in [3.63, 3.8) is 0 Å². The first-order valence-corrected chi connectivity index (χ1v) is 7.61. The molecule has 0 aliphatic rings. The number of fused-ring (bicyclic) bond motifs is 1. The van der Waals surface area contributed by atoms with Crippen molar-refractivity contribution < 1.29 is 12.6 Å². The summed E-state index contributed by atoms with van der Waals surface area (Å²) in [5, 5.41) is 1.18. The average molecular weight is 267 g/mol. The van der Waals surface area contributed by atoms with Gasteiger partial charge in [0.1, 0.15) is 0 Å². The van der Waals surface area contributed by atoms with Gasteiger partial charge in [-0.1, -0.05) is 12.1 Å². The topological polar surface area (TPSA) is 48.3 Å². The van der Waals surface area contributed by atoms with Gasteiger partial charge in [0.2, 0.25) is 0 Å². The monoisotopic (exact) mass is 267 g/mol. The Hall–Kier alpha value is -1.33. The summed E-state index contributed by atoms with van der Waals surface area (Å²) in [6, 6.07) is 8.12. The van der Waals surface area contributed by atoms with Gasteiger partial charge in [-0.3, -0.25) is 4.18 Å². The Morgan fingerprint density at radius 1 is 1.33 bits per heavy atom. The maximum absolute atomic E-state index is 11.1. The van der Waals surface area contributed by atoms with E-state index >= 15 is 0 Å². The smallest absolute Gasteiger partial charge is 0.264 e. The molecule has 0 saturated heterocycles. The number of nitrogens with zero attached hydrogens (tertiary/aromatic N) is 1. The van der Waals surface area contributed by atoms with Crippen molar-refractivity contribution in [3.8, 4) is 0 Å². The lowest BCUT2D eigenvalue weighted by Gasteiger charge is -2.13. The summed E-state index contributed by atoms with van der Waals surface area (Å²) in [5.74, 6) is 0. The quantitative estimate of drug-likeness (QED) is 0.799. The van der Waals surface area contributed by atoms with Crippen LogP contribution in [0.1, 0.15) is 12.5 Å². The fourth-order valence-corrected chi connectivity index (χ4v) is 2.80. The molecular weight excluding hydrogens is 250 g/mol. The Kier molecular flexibility index (Phi) is 3.45. The van der Waals surface area contributed by atoms with E-state index in [4.69, 9.17) is 4.18 Å². The molecule has 0 aliphatic heterocycles. The van der Waals surface area contributed by atoms with Gasteiger partial charge >= 0.3 is 0 Å². The molecule has 2 aromatic rings. The second-order valence-corrected chi connectivity index (χ2v) is 6.19. The molecule has 18 heavy (non-hydrogen) atoms. The predicted octanol–water partition coefficient (Wildman–Crippen LogP) is 2.31. The van der Waals surface area contributed by atoms with E-state index in [1.54, 1.807) is 6.92 Å². The maximum Gasteiger partial charge on any atom is 0.264 e. The standard InChI is InChI=1S/C13H17NO3S/c1-10-5-4-6-13-12(10)7-8-14(13)9-11(2)17-18(3,15)16/h4-8,11H,9H2,1-3H3. The van der Waals surface area contributed by atoms with Gasteiger partial charge in [-0.25, -0.2) is 0 Å². The first-order chi connectivity index (χ1) is 8.37. The zero-order valence-corrected chi connectivity index (χ0v) is 11.6. The summed E-state index contributed by atoms with van der Waals surface area (Å²) in [7, 11) is -3.40. The molecule has 98 valence electrons. The first kappa shape index (κ1) is 13.1. The lowest BCUT2D eigenvalue weighted by atomic mass is 10.1. The van der Waals surface area contributed by atoms with Gasteiger partial charge in [0.05, 0.1) is 18.9 Å². The normalized spacial score (nSPS) is 13.9. The van der Waals surface area contributed by atoms with E-state index in [9.17, 15) is 8.42 Å². The van der Waals surface area contributed by atoms with Crippen LogP contribution in [0.2, 0.25) is 0 Å². The zero-order chi connectivity index (χ0) is 13.3. The zero-order valence-electron chi connectivity index (χ0n) is 10.8. The third kappa shape index (κ3) is 2.91. The van der Waals surface area contributed by atoms with Crippen molar-refractivity contribution in [2.45, 2.75) is 26.5 Å². The third-order valence-electron chi connectivity index (χ3n) is 2.82. The van der Waals surface area contributed by atoms with Crippen molar-refractivity contribution >= 4 is 21.0 Å². The number of hydrogen-bond donors (Lipinski definition) is 0. The number of benzene rings is 1. The van der Waals surface area contributed by atoms with Crippen molar-refractivity contribution in [1.29, 1.82) is 0 Å². The summed E-state index contributed by atoms with van der Waals surface area (Å²) >= 11 is 0. The second kappa shape index (κ2) is 4.74. The molecule has 1 aromatic carbocycles. The van der Waals surface area contributed by atoms with Crippen LogP contribution in [0, 0.1) is 6.92 Å². The van der Waals surface area contributed by atoms with Gasteiger partial charge in [-0.15, -0.1) is 0 Å². The summed E-state index contributed by atoms with van der Waals surface area (Å²) in [5.41, 5.74) is 2.31. The average Bonchev–Trinajstić information content (AvgIpc) is 2.60. The van der Waals surface area contributed by atoms with Crippen molar-refractivity contribution in [1.82, 2.24) is 4.57 Å². The van der Waals surface area contributed by atoms with Gasteiger partial charge in [0.15, 0.2) is 0 Å². The minimum atomic E-state index is -3.40. The molecule has 0 amide bonds. The first-order valence-electron chi connectivity index (χ1n) is 5.79. The number of hydrogen-bond acceptors (Lipinski definition) is 3. The van der Waals surface area contributed by atoms with Crippen LogP contribution in [0.4, 0.5) is 0 Å². The Bertz CT molecular complexity index is 658. The molecule has 1 aromatic heterocycles. The molecule has 0 bridgehead atoms. The van der Waals surface area contributed by atoms with Crippen LogP contribution in [0.25, 0.3) is 10.9 Å². The van der Waals surface area contributed by atoms with E-state index in [1.165, 1.54) is 10.9 Å². The van der Waals surface area contributed by atoms with E-state index in [2.05, 4.69) is 13.0 Å². The van der Waals surface area contributed by atoms with Gasteiger partial charge in [-0.05, 0) is 31.5 Å². The molecule has 0 aliphatic carbocycles. The third-order valence-corrected chi connectivity index (χ3v) is 3.50. The Labute approximate surface area is 107 Å².